The molecule has 0 radical (unpaired) electrons. The minimum atomic E-state index is 0. The summed E-state index contributed by atoms with van der Waals surface area (Å²) in [7, 11) is 1.99. The van der Waals surface area contributed by atoms with Crippen LogP contribution in [0.4, 0.5) is 0 Å². The van der Waals surface area contributed by atoms with Crippen LogP contribution in [0.1, 0.15) is 13.0 Å². The summed E-state index contributed by atoms with van der Waals surface area (Å²) in [5.41, 5.74) is 1.16. The third-order valence-corrected chi connectivity index (χ3v) is 1.24. The highest BCUT2D eigenvalue weighted by Gasteiger charge is 1.87. The van der Waals surface area contributed by atoms with Crippen LogP contribution in [-0.4, -0.2) is 0 Å². The summed E-state index contributed by atoms with van der Waals surface area (Å²) in [5, 5.41) is 0. The first-order chi connectivity index (χ1) is 4.33. The largest absolute Gasteiger partial charge is 0.208 e. The van der Waals surface area contributed by atoms with Gasteiger partial charge in [-0.25, -0.2) is 4.57 Å². The Morgan fingerprint density at radius 2 is 1.90 bits per heavy atom. The van der Waals surface area contributed by atoms with Crippen molar-refractivity contribution in [3.63, 3.8) is 0 Å². The van der Waals surface area contributed by atoms with E-state index in [0.29, 0.717) is 0 Å². The highest BCUT2D eigenvalue weighted by atomic mass is 14.9. The van der Waals surface area contributed by atoms with Crippen molar-refractivity contribution in [3.05, 3.63) is 36.7 Å². The Balaban J connectivity index is 0.000000810. The van der Waals surface area contributed by atoms with Crippen LogP contribution in [0.15, 0.2) is 31.1 Å². The van der Waals surface area contributed by atoms with E-state index in [1.165, 1.54) is 0 Å². The Kier molecular flexibility index (Phi) is 3.40. The van der Waals surface area contributed by atoms with Crippen LogP contribution in [0.5, 0.6) is 0 Å². The molecule has 1 rings (SSSR count). The van der Waals surface area contributed by atoms with Crippen LogP contribution in [0.3, 0.4) is 0 Å². The summed E-state index contributed by atoms with van der Waals surface area (Å²) in [6.45, 7) is 3.65. The average molecular weight is 136 g/mol. The first kappa shape index (κ1) is 8.89. The number of aryl methyl sites for hydroxylation is 1. The average Bonchev–Trinajstić information content (AvgIpc) is 1.90. The number of aromatic nitrogens is 1. The van der Waals surface area contributed by atoms with Gasteiger partial charge in [-0.15, -0.1) is 0 Å². The van der Waals surface area contributed by atoms with E-state index < -0.39 is 0 Å². The Hall–Kier alpha value is -1.11. The Labute approximate surface area is 62.6 Å². The van der Waals surface area contributed by atoms with Crippen LogP contribution < -0.4 is 4.57 Å². The summed E-state index contributed by atoms with van der Waals surface area (Å²) in [5.74, 6) is 0. The van der Waals surface area contributed by atoms with Crippen molar-refractivity contribution in [2.75, 3.05) is 0 Å². The molecule has 0 unspecified atom stereocenters. The molecule has 0 aromatic carbocycles. The molecule has 10 heavy (non-hydrogen) atoms. The minimum Gasteiger partial charge on any atom is -0.208 e. The molecule has 54 valence electrons. The smallest absolute Gasteiger partial charge is 0.169 e. The lowest BCUT2D eigenvalue weighted by atomic mass is 10.3. The predicted octanol–water partition coefficient (Wildman–Crippen LogP) is 1.79. The van der Waals surface area contributed by atoms with Gasteiger partial charge < -0.3 is 0 Å². The van der Waals surface area contributed by atoms with E-state index in [4.69, 9.17) is 0 Å². The molecular weight excluding hydrogens is 122 g/mol. The Morgan fingerprint density at radius 1 is 1.40 bits per heavy atom. The van der Waals surface area contributed by atoms with Crippen molar-refractivity contribution in [3.8, 4) is 0 Å². The van der Waals surface area contributed by atoms with Gasteiger partial charge in [-0.2, -0.15) is 0 Å². The highest BCUT2D eigenvalue weighted by Crippen LogP contribution is 1.94. The minimum absolute atomic E-state index is 0. The number of nitrogens with zero attached hydrogens (tertiary/aromatic N) is 1. The molecule has 1 nitrogen and oxygen atoms in total. The van der Waals surface area contributed by atoms with Gasteiger partial charge in [0.1, 0.15) is 7.05 Å². The van der Waals surface area contributed by atoms with E-state index in [0.717, 1.165) is 5.56 Å². The molecule has 1 aromatic heterocycles. The maximum atomic E-state index is 3.65. The SMILES string of the molecule is C.C=Cc1cc[n+](C)cc1. The monoisotopic (exact) mass is 136 g/mol. The van der Waals surface area contributed by atoms with Crippen LogP contribution in [0.2, 0.25) is 0 Å². The quantitative estimate of drug-likeness (QED) is 0.518. The van der Waals surface area contributed by atoms with Gasteiger partial charge in [-0.1, -0.05) is 20.1 Å². The zero-order valence-electron chi connectivity index (χ0n) is 5.54. The molecule has 0 atom stereocenters. The van der Waals surface area contributed by atoms with Crippen molar-refractivity contribution in [1.29, 1.82) is 0 Å². The molecule has 0 aliphatic rings. The lowest BCUT2D eigenvalue weighted by Crippen LogP contribution is -2.25. The molecule has 1 heterocycles. The van der Waals surface area contributed by atoms with Gasteiger partial charge >= 0.3 is 0 Å². The number of hydrogen-bond acceptors (Lipinski definition) is 0. The predicted molar refractivity (Wildman–Crippen MR) is 44.4 cm³/mol. The van der Waals surface area contributed by atoms with E-state index in [1.807, 2.05) is 42.2 Å². The first-order valence-corrected chi connectivity index (χ1v) is 2.90. The van der Waals surface area contributed by atoms with Gasteiger partial charge in [-0.3, -0.25) is 0 Å². The van der Waals surface area contributed by atoms with Gasteiger partial charge in [-0.05, 0) is 5.56 Å². The molecule has 0 saturated carbocycles. The van der Waals surface area contributed by atoms with Crippen LogP contribution in [-0.2, 0) is 7.05 Å². The van der Waals surface area contributed by atoms with Gasteiger partial charge in [0.2, 0.25) is 0 Å². The molecule has 0 N–H and O–H groups in total. The van der Waals surface area contributed by atoms with Crippen LogP contribution in [0, 0.1) is 0 Å². The van der Waals surface area contributed by atoms with Crippen molar-refractivity contribution in [2.24, 2.45) is 7.05 Å². The van der Waals surface area contributed by atoms with E-state index in [9.17, 15) is 0 Å². The summed E-state index contributed by atoms with van der Waals surface area (Å²) in [6.07, 6.45) is 5.83. The van der Waals surface area contributed by atoms with E-state index in [1.54, 1.807) is 0 Å². The molecule has 0 amide bonds. The molecule has 0 aliphatic heterocycles. The third-order valence-electron chi connectivity index (χ3n) is 1.24. The van der Waals surface area contributed by atoms with Gasteiger partial charge in [0, 0.05) is 12.1 Å². The number of rotatable bonds is 1. The van der Waals surface area contributed by atoms with Crippen LogP contribution >= 0.6 is 0 Å². The molecule has 0 fully saturated rings. The fourth-order valence-corrected chi connectivity index (χ4v) is 0.649. The summed E-state index contributed by atoms with van der Waals surface area (Å²) in [6, 6.07) is 4.04. The second kappa shape index (κ2) is 3.83. The maximum Gasteiger partial charge on any atom is 0.169 e. The number of pyridine rings is 1. The first-order valence-electron chi connectivity index (χ1n) is 2.90. The van der Waals surface area contributed by atoms with Gasteiger partial charge in [0.25, 0.3) is 0 Å². The molecular formula is C9H14N+. The summed E-state index contributed by atoms with van der Waals surface area (Å²) in [4.78, 5) is 0. The number of hydrogen-bond donors (Lipinski definition) is 0. The van der Waals surface area contributed by atoms with E-state index in [-0.39, 0.29) is 7.43 Å². The standard InChI is InChI=1S/C8H10N.CH4/c1-3-8-4-6-9(2)7-5-8;/h3-7H,1H2,2H3;1H4/q+1;. The lowest BCUT2D eigenvalue weighted by Gasteiger charge is -1.86. The van der Waals surface area contributed by atoms with Crippen molar-refractivity contribution in [1.82, 2.24) is 0 Å². The fraction of sp³-hybridized carbons (Fsp3) is 0.222. The van der Waals surface area contributed by atoms with E-state index in [2.05, 4.69) is 6.58 Å². The maximum absolute atomic E-state index is 3.65. The summed E-state index contributed by atoms with van der Waals surface area (Å²) < 4.78 is 1.99. The summed E-state index contributed by atoms with van der Waals surface area (Å²) >= 11 is 0. The lowest BCUT2D eigenvalue weighted by molar-refractivity contribution is -0.671. The highest BCUT2D eigenvalue weighted by molar-refractivity contribution is 5.44. The Bertz CT molecular complexity index is 198. The molecule has 1 aromatic rings. The zero-order chi connectivity index (χ0) is 6.69. The topological polar surface area (TPSA) is 3.88 Å². The second-order valence-corrected chi connectivity index (χ2v) is 2.00. The zero-order valence-corrected chi connectivity index (χ0v) is 5.54. The van der Waals surface area contributed by atoms with Crippen molar-refractivity contribution >= 4 is 6.08 Å². The van der Waals surface area contributed by atoms with E-state index >= 15 is 0 Å². The normalized spacial score (nSPS) is 8.10. The molecule has 0 aliphatic carbocycles. The Morgan fingerprint density at radius 3 is 2.30 bits per heavy atom. The van der Waals surface area contributed by atoms with Gasteiger partial charge in [0.15, 0.2) is 12.4 Å². The van der Waals surface area contributed by atoms with Crippen molar-refractivity contribution in [2.45, 2.75) is 7.43 Å². The molecule has 1 heteroatoms. The third kappa shape index (κ3) is 2.02. The van der Waals surface area contributed by atoms with Crippen LogP contribution in [0.25, 0.3) is 6.08 Å². The van der Waals surface area contributed by atoms with Gasteiger partial charge in [0.05, 0.1) is 0 Å². The molecule has 0 spiro atoms. The fourth-order valence-electron chi connectivity index (χ4n) is 0.649. The molecule has 0 bridgehead atoms. The second-order valence-electron chi connectivity index (χ2n) is 2.00. The molecule has 0 saturated heterocycles. The van der Waals surface area contributed by atoms with Crippen molar-refractivity contribution < 1.29 is 4.57 Å².